The molecule has 3 N–H and O–H groups in total. The highest BCUT2D eigenvalue weighted by atomic mass is 79.9. The van der Waals surface area contributed by atoms with Gasteiger partial charge < -0.3 is 15.5 Å². The van der Waals surface area contributed by atoms with Gasteiger partial charge in [-0.15, -0.1) is 0 Å². The fraction of sp³-hybridized carbons (Fsp3) is 0.300. The zero-order valence-electron chi connectivity index (χ0n) is 14.2. The minimum Gasteiger partial charge on any atom is -0.493 e. The molecule has 2 aromatic carbocycles. The molecule has 1 aromatic heterocycles. The number of fused-ring (bicyclic) bond motifs is 1. The molecule has 3 rings (SSSR count). The van der Waals surface area contributed by atoms with Crippen LogP contribution in [0.25, 0.3) is 22.2 Å². The van der Waals surface area contributed by atoms with Gasteiger partial charge in [0.25, 0.3) is 0 Å². The van der Waals surface area contributed by atoms with Gasteiger partial charge in [0.05, 0.1) is 22.8 Å². The molecule has 0 aliphatic rings. The number of benzene rings is 2. The lowest BCUT2D eigenvalue weighted by atomic mass is 10.00. The number of halogens is 2. The number of hydrogen-bond acceptors (Lipinski definition) is 2. The average molecular weight is 422 g/mol. The molecule has 0 atom stereocenters. The summed E-state index contributed by atoms with van der Waals surface area (Å²) in [5.74, 6) is 0.881. The van der Waals surface area contributed by atoms with Crippen LogP contribution in [0.15, 0.2) is 40.9 Å². The third kappa shape index (κ3) is 3.86. The van der Waals surface area contributed by atoms with Gasteiger partial charge in [0, 0.05) is 15.4 Å². The summed E-state index contributed by atoms with van der Waals surface area (Å²) in [4.78, 5) is 3.54. The maximum absolute atomic E-state index is 6.48. The smallest absolute Gasteiger partial charge is 0.128 e. The quantitative estimate of drug-likeness (QED) is 0.464. The van der Waals surface area contributed by atoms with E-state index in [0.717, 1.165) is 51.6 Å². The van der Waals surface area contributed by atoms with Crippen LogP contribution in [0, 0.1) is 0 Å². The fourth-order valence-corrected chi connectivity index (χ4v) is 4.02. The number of hydrogen-bond donors (Lipinski definition) is 2. The number of para-hydroxylation sites is 1. The molecular weight excluding hydrogens is 400 g/mol. The molecule has 0 fully saturated rings. The van der Waals surface area contributed by atoms with E-state index >= 15 is 0 Å². The summed E-state index contributed by atoms with van der Waals surface area (Å²) in [7, 11) is 0. The summed E-state index contributed by atoms with van der Waals surface area (Å²) in [6, 6.07) is 12.2. The predicted molar refractivity (Wildman–Crippen MR) is 110 cm³/mol. The maximum Gasteiger partial charge on any atom is 0.128 e. The number of H-pyrrole nitrogens is 1. The van der Waals surface area contributed by atoms with Crippen molar-refractivity contribution in [3.8, 4) is 17.0 Å². The van der Waals surface area contributed by atoms with E-state index in [-0.39, 0.29) is 0 Å². The van der Waals surface area contributed by atoms with Crippen molar-refractivity contribution in [2.75, 3.05) is 13.2 Å². The van der Waals surface area contributed by atoms with E-state index in [2.05, 4.69) is 33.0 Å². The van der Waals surface area contributed by atoms with Gasteiger partial charge in [-0.25, -0.2) is 0 Å². The molecule has 5 heteroatoms. The SMILES string of the molecule is CCOc1ccccc1-c1[nH]c2c(Cl)cc(Br)cc2c1CCCCN. The minimum atomic E-state index is 0.631. The van der Waals surface area contributed by atoms with Crippen LogP contribution in [-0.2, 0) is 6.42 Å². The Bertz CT molecular complexity index is 876. The number of nitrogens with one attached hydrogen (secondary N) is 1. The molecule has 1 heterocycles. The largest absolute Gasteiger partial charge is 0.493 e. The number of aromatic nitrogens is 1. The van der Waals surface area contributed by atoms with Crippen LogP contribution in [0.3, 0.4) is 0 Å². The third-order valence-corrected chi connectivity index (χ3v) is 5.02. The highest BCUT2D eigenvalue weighted by molar-refractivity contribution is 9.10. The highest BCUT2D eigenvalue weighted by Crippen LogP contribution is 2.39. The molecule has 0 aliphatic carbocycles. The van der Waals surface area contributed by atoms with Crippen LogP contribution in [0.2, 0.25) is 5.02 Å². The zero-order valence-corrected chi connectivity index (χ0v) is 16.6. The Hall–Kier alpha value is -1.49. The molecule has 0 bridgehead atoms. The van der Waals surface area contributed by atoms with Crippen molar-refractivity contribution in [1.82, 2.24) is 4.98 Å². The van der Waals surface area contributed by atoms with Crippen molar-refractivity contribution in [3.63, 3.8) is 0 Å². The Labute approximate surface area is 161 Å². The van der Waals surface area contributed by atoms with Crippen molar-refractivity contribution in [1.29, 1.82) is 0 Å². The topological polar surface area (TPSA) is 51.0 Å². The number of unbranched alkanes of at least 4 members (excludes halogenated alkanes) is 1. The van der Waals surface area contributed by atoms with Crippen molar-refractivity contribution in [3.05, 3.63) is 51.5 Å². The number of ether oxygens (including phenoxy) is 1. The predicted octanol–water partition coefficient (Wildman–Crippen LogP) is 5.93. The van der Waals surface area contributed by atoms with Crippen LogP contribution in [0.5, 0.6) is 5.75 Å². The fourth-order valence-electron chi connectivity index (χ4n) is 3.16. The molecule has 132 valence electrons. The number of aryl methyl sites for hydroxylation is 1. The summed E-state index contributed by atoms with van der Waals surface area (Å²) in [5.41, 5.74) is 10.1. The molecular formula is C20H22BrClN2O. The second-order valence-corrected chi connectivity index (χ2v) is 7.29. The van der Waals surface area contributed by atoms with Gasteiger partial charge in [-0.1, -0.05) is 39.7 Å². The number of aromatic amines is 1. The van der Waals surface area contributed by atoms with E-state index in [1.165, 1.54) is 5.56 Å². The summed E-state index contributed by atoms with van der Waals surface area (Å²) in [5, 5.41) is 1.86. The third-order valence-electron chi connectivity index (χ3n) is 4.27. The lowest BCUT2D eigenvalue weighted by Gasteiger charge is -2.11. The molecule has 3 nitrogen and oxygen atoms in total. The van der Waals surface area contributed by atoms with Crippen LogP contribution in [-0.4, -0.2) is 18.1 Å². The average Bonchev–Trinajstić information content (AvgIpc) is 2.95. The molecule has 0 saturated heterocycles. The van der Waals surface area contributed by atoms with Gasteiger partial charge >= 0.3 is 0 Å². The first-order valence-electron chi connectivity index (χ1n) is 8.57. The van der Waals surface area contributed by atoms with E-state index in [9.17, 15) is 0 Å². The summed E-state index contributed by atoms with van der Waals surface area (Å²) in [6.45, 7) is 3.34. The van der Waals surface area contributed by atoms with Gasteiger partial charge in [-0.2, -0.15) is 0 Å². The Balaban J connectivity index is 2.20. The van der Waals surface area contributed by atoms with Crippen LogP contribution < -0.4 is 10.5 Å². The normalized spacial score (nSPS) is 11.2. The van der Waals surface area contributed by atoms with Crippen molar-refractivity contribution >= 4 is 38.4 Å². The van der Waals surface area contributed by atoms with Crippen LogP contribution in [0.1, 0.15) is 25.3 Å². The van der Waals surface area contributed by atoms with Crippen LogP contribution >= 0.6 is 27.5 Å². The Morgan fingerprint density at radius 2 is 2.00 bits per heavy atom. The van der Waals surface area contributed by atoms with E-state index < -0.39 is 0 Å². The molecule has 0 amide bonds. The van der Waals surface area contributed by atoms with E-state index in [4.69, 9.17) is 22.1 Å². The second kappa shape index (κ2) is 8.26. The van der Waals surface area contributed by atoms with Crippen molar-refractivity contribution in [2.24, 2.45) is 5.73 Å². The molecule has 0 spiro atoms. The lowest BCUT2D eigenvalue weighted by Crippen LogP contribution is -2.00. The molecule has 0 radical (unpaired) electrons. The Morgan fingerprint density at radius 1 is 1.20 bits per heavy atom. The number of nitrogens with two attached hydrogens (primary N) is 1. The second-order valence-electron chi connectivity index (χ2n) is 5.96. The van der Waals surface area contributed by atoms with Gasteiger partial charge in [-0.05, 0) is 62.6 Å². The Morgan fingerprint density at radius 3 is 2.76 bits per heavy atom. The summed E-state index contributed by atoms with van der Waals surface area (Å²) in [6.07, 6.45) is 2.98. The standard InChI is InChI=1S/C20H22BrClN2O/c1-2-25-18-9-4-3-8-15(18)19-14(7-5-6-10-23)16-11-13(21)12-17(22)20(16)24-19/h3-4,8-9,11-12,24H,2,5-7,10,23H2,1H3. The van der Waals surface area contributed by atoms with Crippen molar-refractivity contribution < 1.29 is 4.74 Å². The highest BCUT2D eigenvalue weighted by Gasteiger charge is 2.18. The van der Waals surface area contributed by atoms with Gasteiger partial charge in [0.1, 0.15) is 5.75 Å². The van der Waals surface area contributed by atoms with Crippen molar-refractivity contribution in [2.45, 2.75) is 26.2 Å². The summed E-state index contributed by atoms with van der Waals surface area (Å²) < 4.78 is 6.82. The van der Waals surface area contributed by atoms with Gasteiger partial charge in [-0.3, -0.25) is 0 Å². The number of rotatable bonds is 7. The van der Waals surface area contributed by atoms with Gasteiger partial charge in [0.2, 0.25) is 0 Å². The molecule has 0 aliphatic heterocycles. The first kappa shape index (κ1) is 18.3. The first-order valence-corrected chi connectivity index (χ1v) is 9.74. The van der Waals surface area contributed by atoms with E-state index in [1.54, 1.807) is 0 Å². The lowest BCUT2D eigenvalue weighted by molar-refractivity contribution is 0.341. The van der Waals surface area contributed by atoms with E-state index in [0.29, 0.717) is 18.2 Å². The van der Waals surface area contributed by atoms with Gasteiger partial charge in [0.15, 0.2) is 0 Å². The molecule has 25 heavy (non-hydrogen) atoms. The Kier molecular flexibility index (Phi) is 6.05. The van der Waals surface area contributed by atoms with E-state index in [1.807, 2.05) is 31.2 Å². The molecule has 0 saturated carbocycles. The maximum atomic E-state index is 6.48. The molecule has 0 unspecified atom stereocenters. The molecule has 3 aromatic rings. The summed E-state index contributed by atoms with van der Waals surface area (Å²) >= 11 is 10.0. The first-order chi connectivity index (χ1) is 12.2. The minimum absolute atomic E-state index is 0.631. The monoisotopic (exact) mass is 420 g/mol. The zero-order chi connectivity index (χ0) is 17.8. The van der Waals surface area contributed by atoms with Crippen LogP contribution in [0.4, 0.5) is 0 Å².